The summed E-state index contributed by atoms with van der Waals surface area (Å²) in [6.07, 6.45) is 1.06. The molecule has 0 bridgehead atoms. The van der Waals surface area contributed by atoms with E-state index >= 15 is 0 Å². The quantitative estimate of drug-likeness (QED) is 0.828. The number of rotatable bonds is 6. The summed E-state index contributed by atoms with van der Waals surface area (Å²) < 4.78 is 21.5. The van der Waals surface area contributed by atoms with Gasteiger partial charge in [-0.3, -0.25) is 0 Å². The summed E-state index contributed by atoms with van der Waals surface area (Å²) in [5, 5.41) is 7.70. The molecule has 1 heterocycles. The molecule has 2 rings (SSSR count). The van der Waals surface area contributed by atoms with Crippen LogP contribution in [0.25, 0.3) is 0 Å². The Kier molecular flexibility index (Phi) is 4.96. The normalized spacial score (nSPS) is 10.9. The highest BCUT2D eigenvalue weighted by molar-refractivity contribution is 5.38. The van der Waals surface area contributed by atoms with Crippen LogP contribution in [-0.2, 0) is 13.6 Å². The fourth-order valence-corrected chi connectivity index (χ4v) is 2.21. The largest absolute Gasteiger partial charge is 0.436 e. The highest BCUT2D eigenvalue weighted by Gasteiger charge is 2.17. The molecule has 0 spiro atoms. The van der Waals surface area contributed by atoms with Crippen LogP contribution in [0.3, 0.4) is 0 Å². The first-order valence-electron chi connectivity index (χ1n) is 7.20. The number of aromatic nitrogens is 2. The lowest BCUT2D eigenvalue weighted by Gasteiger charge is -2.11. The zero-order valence-electron chi connectivity index (χ0n) is 13.0. The number of ether oxygens (including phenoxy) is 1. The number of benzene rings is 1. The van der Waals surface area contributed by atoms with Crippen LogP contribution in [0.1, 0.15) is 30.2 Å². The van der Waals surface area contributed by atoms with Crippen LogP contribution in [0.2, 0.25) is 0 Å². The number of aryl methyl sites for hydroxylation is 3. The summed E-state index contributed by atoms with van der Waals surface area (Å²) in [6, 6.07) is 5.14. The van der Waals surface area contributed by atoms with E-state index < -0.39 is 0 Å². The molecule has 0 fully saturated rings. The predicted molar refractivity (Wildman–Crippen MR) is 81.2 cm³/mol. The van der Waals surface area contributed by atoms with E-state index in [1.54, 1.807) is 36.9 Å². The summed E-state index contributed by atoms with van der Waals surface area (Å²) in [5.74, 6) is 0.485. The average Bonchev–Trinajstić information content (AvgIpc) is 2.71. The minimum atomic E-state index is -0.330. The minimum Gasteiger partial charge on any atom is -0.436 e. The summed E-state index contributed by atoms with van der Waals surface area (Å²) >= 11 is 0. The zero-order valence-corrected chi connectivity index (χ0v) is 13.0. The average molecular weight is 291 g/mol. The Labute approximate surface area is 124 Å². The van der Waals surface area contributed by atoms with Crippen molar-refractivity contribution in [3.63, 3.8) is 0 Å². The fraction of sp³-hybridized carbons (Fsp3) is 0.438. The van der Waals surface area contributed by atoms with Crippen molar-refractivity contribution in [1.82, 2.24) is 15.1 Å². The van der Waals surface area contributed by atoms with Crippen molar-refractivity contribution >= 4 is 0 Å². The van der Waals surface area contributed by atoms with Gasteiger partial charge in [0.2, 0.25) is 5.88 Å². The van der Waals surface area contributed by atoms with Crippen molar-refractivity contribution in [3.8, 4) is 11.6 Å². The van der Waals surface area contributed by atoms with Crippen LogP contribution >= 0.6 is 0 Å². The first kappa shape index (κ1) is 15.5. The number of hydrogen-bond donors (Lipinski definition) is 1. The Morgan fingerprint density at radius 3 is 2.81 bits per heavy atom. The fourth-order valence-electron chi connectivity index (χ4n) is 2.21. The van der Waals surface area contributed by atoms with Crippen LogP contribution in [0.4, 0.5) is 4.39 Å². The Balaban J connectivity index is 2.28. The molecular formula is C16H22FN3O. The van der Waals surface area contributed by atoms with Gasteiger partial charge in [0.25, 0.3) is 0 Å². The van der Waals surface area contributed by atoms with Gasteiger partial charge in [0, 0.05) is 13.6 Å². The standard InChI is InChI=1S/C16H22FN3O/c1-5-9-18-10-13-12(3)19-20(4)16(13)21-14-8-6-7-11(2)15(14)17/h6-8,18H,5,9-10H2,1-4H3. The van der Waals surface area contributed by atoms with Gasteiger partial charge < -0.3 is 10.1 Å². The smallest absolute Gasteiger partial charge is 0.222 e. The second kappa shape index (κ2) is 6.72. The van der Waals surface area contributed by atoms with E-state index in [0.717, 1.165) is 24.2 Å². The van der Waals surface area contributed by atoms with Gasteiger partial charge in [-0.05, 0) is 38.4 Å². The number of halogens is 1. The van der Waals surface area contributed by atoms with E-state index in [9.17, 15) is 4.39 Å². The third-order valence-corrected chi connectivity index (χ3v) is 3.38. The molecule has 1 aromatic carbocycles. The first-order valence-corrected chi connectivity index (χ1v) is 7.20. The van der Waals surface area contributed by atoms with Crippen molar-refractivity contribution in [3.05, 3.63) is 40.8 Å². The first-order chi connectivity index (χ1) is 10.0. The van der Waals surface area contributed by atoms with Gasteiger partial charge in [-0.25, -0.2) is 9.07 Å². The predicted octanol–water partition coefficient (Wildman–Crippen LogP) is 3.47. The van der Waals surface area contributed by atoms with Crippen molar-refractivity contribution in [2.24, 2.45) is 7.05 Å². The Morgan fingerprint density at radius 1 is 1.33 bits per heavy atom. The van der Waals surface area contributed by atoms with E-state index in [0.29, 0.717) is 18.0 Å². The number of hydrogen-bond acceptors (Lipinski definition) is 3. The molecule has 0 saturated carbocycles. The Hall–Kier alpha value is -1.88. The molecule has 21 heavy (non-hydrogen) atoms. The second-order valence-electron chi connectivity index (χ2n) is 5.16. The van der Waals surface area contributed by atoms with Crippen LogP contribution < -0.4 is 10.1 Å². The van der Waals surface area contributed by atoms with Crippen molar-refractivity contribution < 1.29 is 9.13 Å². The molecule has 0 aliphatic rings. The van der Waals surface area contributed by atoms with E-state index in [1.807, 2.05) is 6.92 Å². The molecule has 2 aromatic rings. The molecule has 1 aromatic heterocycles. The summed E-state index contributed by atoms with van der Waals surface area (Å²) in [6.45, 7) is 7.36. The monoisotopic (exact) mass is 291 g/mol. The highest BCUT2D eigenvalue weighted by atomic mass is 19.1. The molecule has 0 radical (unpaired) electrons. The SMILES string of the molecule is CCCNCc1c(C)nn(C)c1Oc1cccc(C)c1F. The van der Waals surface area contributed by atoms with Gasteiger partial charge >= 0.3 is 0 Å². The lowest BCUT2D eigenvalue weighted by molar-refractivity contribution is 0.397. The maximum absolute atomic E-state index is 14.1. The van der Waals surface area contributed by atoms with Crippen LogP contribution in [-0.4, -0.2) is 16.3 Å². The van der Waals surface area contributed by atoms with Crippen LogP contribution in [0, 0.1) is 19.7 Å². The van der Waals surface area contributed by atoms with Gasteiger partial charge in [0.1, 0.15) is 0 Å². The van der Waals surface area contributed by atoms with Gasteiger partial charge in [-0.1, -0.05) is 19.1 Å². The van der Waals surface area contributed by atoms with Crippen molar-refractivity contribution in [2.75, 3.05) is 6.54 Å². The molecule has 4 nitrogen and oxygen atoms in total. The third-order valence-electron chi connectivity index (χ3n) is 3.38. The van der Waals surface area contributed by atoms with E-state index in [-0.39, 0.29) is 11.6 Å². The molecular weight excluding hydrogens is 269 g/mol. The third kappa shape index (κ3) is 3.42. The van der Waals surface area contributed by atoms with E-state index in [1.165, 1.54) is 0 Å². The molecule has 0 aliphatic heterocycles. The lowest BCUT2D eigenvalue weighted by atomic mass is 10.2. The summed E-state index contributed by atoms with van der Waals surface area (Å²) in [7, 11) is 1.80. The van der Waals surface area contributed by atoms with Gasteiger partial charge in [-0.15, -0.1) is 0 Å². The number of nitrogens with one attached hydrogen (secondary N) is 1. The van der Waals surface area contributed by atoms with Crippen molar-refractivity contribution in [1.29, 1.82) is 0 Å². The maximum Gasteiger partial charge on any atom is 0.222 e. The van der Waals surface area contributed by atoms with Crippen molar-refractivity contribution in [2.45, 2.75) is 33.7 Å². The van der Waals surface area contributed by atoms with Crippen LogP contribution in [0.5, 0.6) is 11.6 Å². The summed E-state index contributed by atoms with van der Waals surface area (Å²) in [4.78, 5) is 0. The number of nitrogens with zero attached hydrogens (tertiary/aromatic N) is 2. The second-order valence-corrected chi connectivity index (χ2v) is 5.16. The molecule has 0 aliphatic carbocycles. The van der Waals surface area contributed by atoms with E-state index in [2.05, 4.69) is 17.3 Å². The highest BCUT2D eigenvalue weighted by Crippen LogP contribution is 2.29. The molecule has 0 amide bonds. The Morgan fingerprint density at radius 2 is 2.10 bits per heavy atom. The van der Waals surface area contributed by atoms with Gasteiger partial charge in [0.15, 0.2) is 11.6 Å². The Bertz CT molecular complexity index is 622. The van der Waals surface area contributed by atoms with Gasteiger partial charge in [0.05, 0.1) is 11.3 Å². The topological polar surface area (TPSA) is 39.1 Å². The molecule has 1 N–H and O–H groups in total. The minimum absolute atomic E-state index is 0.231. The molecule has 0 unspecified atom stereocenters. The van der Waals surface area contributed by atoms with E-state index in [4.69, 9.17) is 4.74 Å². The molecule has 0 atom stereocenters. The molecule has 5 heteroatoms. The summed E-state index contributed by atoms with van der Waals surface area (Å²) in [5.41, 5.74) is 2.42. The lowest BCUT2D eigenvalue weighted by Crippen LogP contribution is -2.14. The molecule has 114 valence electrons. The zero-order chi connectivity index (χ0) is 15.4. The maximum atomic E-state index is 14.1. The van der Waals surface area contributed by atoms with Crippen LogP contribution in [0.15, 0.2) is 18.2 Å². The van der Waals surface area contributed by atoms with Gasteiger partial charge in [-0.2, -0.15) is 5.10 Å². The molecule has 0 saturated heterocycles.